The van der Waals surface area contributed by atoms with E-state index in [9.17, 15) is 0 Å². The van der Waals surface area contributed by atoms with Gasteiger partial charge in [-0.3, -0.25) is 0 Å². The van der Waals surface area contributed by atoms with Crippen LogP contribution in [0.1, 0.15) is 239 Å². The van der Waals surface area contributed by atoms with Crippen LogP contribution in [-0.2, 0) is 78.8 Å². The van der Waals surface area contributed by atoms with E-state index in [1.165, 1.54) is 208 Å². The Hall–Kier alpha value is -6.46. The van der Waals surface area contributed by atoms with Gasteiger partial charge in [0.15, 0.2) is 0 Å². The van der Waals surface area contributed by atoms with Gasteiger partial charge in [0.05, 0.1) is 12.9 Å². The van der Waals surface area contributed by atoms with E-state index in [4.69, 9.17) is 16.3 Å². The van der Waals surface area contributed by atoms with Crippen molar-refractivity contribution >= 4 is 130 Å². The zero-order valence-corrected chi connectivity index (χ0v) is 108. The number of fused-ring (bicyclic) bond motifs is 9. The van der Waals surface area contributed by atoms with Crippen LogP contribution in [-0.4, -0.2) is 60.2 Å². The second kappa shape index (κ2) is 52.9. The Kier molecular flexibility index (Phi) is 44.3. The molecule has 4 aliphatic carbocycles. The second-order valence-electron chi connectivity index (χ2n) is 44.2. The molecule has 0 aliphatic heterocycles. The van der Waals surface area contributed by atoms with Crippen LogP contribution in [0.2, 0.25) is 72.1 Å². The summed E-state index contributed by atoms with van der Waals surface area (Å²) in [5.41, 5.74) is 39.1. The monoisotopic (exact) mass is 2500 g/mol. The van der Waals surface area contributed by atoms with E-state index in [2.05, 4.69) is 422 Å². The third-order valence-electron chi connectivity index (χ3n) is 31.5. The Labute approximate surface area is 921 Å². The Morgan fingerprint density at radius 3 is 0.936 bits per heavy atom. The topological polar surface area (TPSA) is 9.23 Å². The third kappa shape index (κ3) is 28.1. The molecule has 19 rings (SSSR count). The van der Waals surface area contributed by atoms with Gasteiger partial charge in [0.2, 0.25) is 0 Å². The Bertz CT molecular complexity index is 6270. The van der Waals surface area contributed by atoms with E-state index in [1.807, 2.05) is 24.3 Å². The largest absolute Gasteiger partial charge is 4.00 e. The van der Waals surface area contributed by atoms with Gasteiger partial charge in [0, 0.05) is 56.7 Å². The fraction of sp³-hybridized carbons (Fsp3) is 0.333. The third-order valence-corrected chi connectivity index (χ3v) is 64.9. The fourth-order valence-electron chi connectivity index (χ4n) is 24.0. The van der Waals surface area contributed by atoms with E-state index in [0.717, 1.165) is 40.5 Å². The van der Waals surface area contributed by atoms with Crippen LogP contribution in [0.25, 0.3) is 98.8 Å². The first kappa shape index (κ1) is 118. The predicted molar refractivity (Wildman–Crippen MR) is 626 cm³/mol. The fourth-order valence-corrected chi connectivity index (χ4v) is 57.2. The minimum Gasteiger partial charge on any atom is -0.505 e. The first-order chi connectivity index (χ1) is 65.1. The summed E-state index contributed by atoms with van der Waals surface area (Å²) in [5.74, 6) is 22.4. The molecule has 0 aromatic heterocycles. The van der Waals surface area contributed by atoms with Crippen molar-refractivity contribution in [3.8, 4) is 39.1 Å². The number of hydrogen-bond donors (Lipinski definition) is 0. The molecule has 0 bridgehead atoms. The smallest absolute Gasteiger partial charge is 0.505 e. The Morgan fingerprint density at radius 2 is 0.631 bits per heavy atom. The van der Waals surface area contributed by atoms with Gasteiger partial charge in [0.25, 0.3) is 0 Å². The molecule has 9 heteroatoms. The molecule has 0 amide bonds. The normalized spacial score (nSPS) is 15.1. The molecule has 0 spiro atoms. The van der Waals surface area contributed by atoms with Gasteiger partial charge in [-0.1, -0.05) is 208 Å². The SMILES string of the molecule is CC1=C(C)[CH]([Ge]([CH3])([CH3])[CH2]CCCCCC[CH2][Ge]([CH3])([CH3])[CH]2C(C)=C(C)c3ccccc32)c2ccccc21.CC1=C(C)[CH]([Ge]([CH3])([CH3])[CH2]CCCCCC[CH2][Ge]([CH3])([CH3])[CH]2C(C)=C(C)c3ccccc32)c2ccccc21.COc1ccc(-c2ccccc2)c2[cH-]c3cc(Cl)ccc3c12.C[c-]1ccc(C(C)(C)C)c1.Cc1cc2c(-c3ccccc3)cccc2[cH-]1.Cc1cc2c(-c3ccccc3)cccc2[cH-]1.[CH3-].[CH3-].[Hf].[Hf].[Ti+4]. The second-order valence-corrected chi connectivity index (χ2v) is 87.1. The van der Waals surface area contributed by atoms with Crippen LogP contribution in [0.4, 0.5) is 0 Å². The van der Waals surface area contributed by atoms with Crippen molar-refractivity contribution in [3.63, 3.8) is 0 Å². The number of rotatable bonds is 26. The van der Waals surface area contributed by atoms with E-state index in [1.54, 1.807) is 73.9 Å². The summed E-state index contributed by atoms with van der Waals surface area (Å²) >= 11 is -1.54. The van der Waals surface area contributed by atoms with Gasteiger partial charge in [-0.2, -0.15) is 35.4 Å². The molecule has 1 nitrogen and oxygen atoms in total. The molecule has 0 saturated heterocycles. The summed E-state index contributed by atoms with van der Waals surface area (Å²) in [7, 11) is 1.71. The number of methoxy groups -OCH3 is 1. The van der Waals surface area contributed by atoms with E-state index in [-0.39, 0.29) is 88.3 Å². The van der Waals surface area contributed by atoms with Crippen LogP contribution < -0.4 is 4.74 Å². The number of aryl methyl sites for hydroxylation is 3. The van der Waals surface area contributed by atoms with Crippen LogP contribution in [0.3, 0.4) is 0 Å². The molecule has 0 radical (unpaired) electrons. The predicted octanol–water partition coefficient (Wildman–Crippen LogP) is 41.0. The molecule has 141 heavy (non-hydrogen) atoms. The van der Waals surface area contributed by atoms with Gasteiger partial charge >= 0.3 is 479 Å². The first-order valence-electron chi connectivity index (χ1n) is 51.2. The van der Waals surface area contributed by atoms with E-state index < -0.39 is 53.1 Å². The van der Waals surface area contributed by atoms with Crippen molar-refractivity contribution in [2.24, 2.45) is 0 Å². The zero-order valence-electron chi connectivity index (χ0n) is 90.3. The van der Waals surface area contributed by atoms with Gasteiger partial charge in [-0.15, -0.1) is 97.4 Å². The number of hydrogen-bond acceptors (Lipinski definition) is 1. The molecular weight excluding hydrogens is 2330 g/mol. The van der Waals surface area contributed by atoms with E-state index in [0.29, 0.717) is 5.41 Å². The summed E-state index contributed by atoms with van der Waals surface area (Å²) in [6, 6.07) is 109. The molecule has 15 aromatic carbocycles. The molecule has 4 atom stereocenters. The number of allylic oxidation sites excluding steroid dienone is 8. The average Bonchev–Trinajstić information content (AvgIpc) is 1.60. The van der Waals surface area contributed by atoms with Crippen molar-refractivity contribution in [1.82, 2.24) is 0 Å². The number of ether oxygens (including phenoxy) is 1. The van der Waals surface area contributed by atoms with Crippen molar-refractivity contribution in [2.45, 2.75) is 265 Å². The minimum atomic E-state index is -1.92. The molecule has 0 heterocycles. The average molecular weight is 2490 g/mol. The van der Waals surface area contributed by atoms with Gasteiger partial charge in [-0.25, -0.2) is 6.07 Å². The molecule has 0 N–H and O–H groups in total. The quantitative estimate of drug-likeness (QED) is 0.0298. The van der Waals surface area contributed by atoms with Crippen molar-refractivity contribution in [1.29, 1.82) is 0 Å². The summed E-state index contributed by atoms with van der Waals surface area (Å²) in [5, 5.41) is 16.8. The van der Waals surface area contributed by atoms with Crippen molar-refractivity contribution < 1.29 is 78.1 Å². The molecule has 4 aliphatic rings. The van der Waals surface area contributed by atoms with E-state index >= 15 is 0 Å². The van der Waals surface area contributed by atoms with Crippen LogP contribution >= 0.6 is 11.6 Å². The summed E-state index contributed by atoms with van der Waals surface area (Å²) < 4.78 is 8.68. The molecule has 732 valence electrons. The summed E-state index contributed by atoms with van der Waals surface area (Å²) in [6.45, 7) is 32.2. The Balaban J connectivity index is 0.000000196. The molecular formula is C132H161ClGe4Hf2OTi-2. The minimum absolute atomic E-state index is 0. The molecule has 15 aromatic rings. The molecule has 0 fully saturated rings. The van der Waals surface area contributed by atoms with Crippen molar-refractivity contribution in [3.05, 3.63) is 412 Å². The number of halogens is 1. The number of unbranched alkanes of at least 4 members (excludes halogenated alkanes) is 10. The van der Waals surface area contributed by atoms with Crippen LogP contribution in [0.5, 0.6) is 5.75 Å². The van der Waals surface area contributed by atoms with Crippen LogP contribution in [0.15, 0.2) is 326 Å². The summed E-state index contributed by atoms with van der Waals surface area (Å²) in [6.07, 6.45) is 17.3. The standard InChI is InChI=1S/2C34H50Ge2.C20H14ClO.2C16H13.C10H15.2CH3.2Hf.Ti/c2*1-25-27(3)33(31-21-15-13-19-29(25)31)35(5,6)23-17-11-9-10-12-18-24-36(7,8)34-28(4)26(2)30-20-14-16-22-32(30)34;1-22-19-10-9-16(13-5-3-2-4-6-13)18-12-14-11-15(21)7-8-17(14)20(18)19;2*1-12-10-14-8-5-9-15(16(14)11-12)13-6-3-2-4-7-13;1-8-5-6-9(7-8)10(2,3)4;;;;;/h2*13-16,19-22,33-34H,9-12,17-18,23-24H2,1-8H3;2-12H,1H3;2*2-11H,1H3;5-7H,1-4H3;2*1H3;;;/q;;6*-1;;;+4. The number of benzene rings is 11. The molecule has 4 unspecified atom stereocenters. The van der Waals surface area contributed by atoms with Gasteiger partial charge in [-0.05, 0) is 17.2 Å². The Morgan fingerprint density at radius 1 is 0.326 bits per heavy atom. The van der Waals surface area contributed by atoms with Crippen molar-refractivity contribution in [2.75, 3.05) is 7.11 Å². The maximum atomic E-state index is 6.15. The summed E-state index contributed by atoms with van der Waals surface area (Å²) in [4.78, 5) is 0. The van der Waals surface area contributed by atoms with Gasteiger partial charge in [0.1, 0.15) is 0 Å². The maximum Gasteiger partial charge on any atom is 4.00 e. The maximum absolute atomic E-state index is 6.15. The molecule has 0 saturated carbocycles. The van der Waals surface area contributed by atoms with Crippen LogP contribution in [0, 0.1) is 35.6 Å². The first-order valence-corrected chi connectivity index (χ1v) is 79.2. The van der Waals surface area contributed by atoms with Gasteiger partial charge < -0.3 is 19.6 Å². The zero-order chi connectivity index (χ0) is 97.0.